The Bertz CT molecular complexity index is 890. The summed E-state index contributed by atoms with van der Waals surface area (Å²) < 4.78 is 5.10. The van der Waals surface area contributed by atoms with E-state index in [9.17, 15) is 19.2 Å². The Morgan fingerprint density at radius 1 is 1.13 bits per heavy atom. The molecule has 30 heavy (non-hydrogen) atoms. The first-order valence-electron chi connectivity index (χ1n) is 9.89. The Hall–Kier alpha value is -1.74. The van der Waals surface area contributed by atoms with Gasteiger partial charge in [-0.2, -0.15) is 0 Å². The molecule has 7 atom stereocenters. The predicted octanol–water partition coefficient (Wildman–Crippen LogP) is 2.64. The number of fused-ring (bicyclic) bond motifs is 5. The lowest BCUT2D eigenvalue weighted by atomic mass is 9.81. The maximum absolute atomic E-state index is 13.0. The van der Waals surface area contributed by atoms with Crippen molar-refractivity contribution < 1.29 is 23.9 Å². The van der Waals surface area contributed by atoms with Crippen molar-refractivity contribution in [3.05, 3.63) is 29.8 Å². The number of alkyl halides is 2. The van der Waals surface area contributed by atoms with E-state index in [1.165, 1.54) is 6.92 Å². The maximum atomic E-state index is 13.0. The maximum Gasteiger partial charge on any atom is 0.329 e. The minimum Gasteiger partial charge on any atom is -0.454 e. The molecule has 160 valence electrons. The number of carbonyl (C=O) groups is 4. The monoisotopic (exact) mass is 540 g/mol. The van der Waals surface area contributed by atoms with E-state index >= 15 is 0 Å². The molecule has 3 fully saturated rings. The number of aryl methyl sites for hydroxylation is 1. The highest BCUT2D eigenvalue weighted by Crippen LogP contribution is 2.60. The summed E-state index contributed by atoms with van der Waals surface area (Å²) in [5.74, 6) is -2.49. The number of amides is 3. The standard InChI is InChI=1S/C21H22Br2N2O5/c1-9-5-3-4-6-13(9)24-14(26)8-30-21(29)10(2)25-19(27)15-11-7-12(16(15)20(25)28)18(23)17(11)22/h3-6,10-12,15-18H,7-8H2,1-2H3,(H,24,26)/t10-,11+,12+,15-,16+,17-,18-/m0/s1. The number of ether oxygens (including phenoxy) is 1. The highest BCUT2D eigenvalue weighted by atomic mass is 79.9. The van der Waals surface area contributed by atoms with E-state index in [0.717, 1.165) is 16.9 Å². The number of esters is 1. The Morgan fingerprint density at radius 2 is 1.70 bits per heavy atom. The Labute approximate surface area is 191 Å². The molecule has 0 spiro atoms. The molecule has 3 aliphatic rings. The Morgan fingerprint density at radius 3 is 2.27 bits per heavy atom. The topological polar surface area (TPSA) is 92.8 Å². The third-order valence-electron chi connectivity index (χ3n) is 6.51. The van der Waals surface area contributed by atoms with Crippen LogP contribution in [0.5, 0.6) is 0 Å². The van der Waals surface area contributed by atoms with Crippen LogP contribution in [0.1, 0.15) is 18.9 Å². The summed E-state index contributed by atoms with van der Waals surface area (Å²) >= 11 is 7.28. The van der Waals surface area contributed by atoms with Crippen LogP contribution in [0.2, 0.25) is 0 Å². The molecule has 0 radical (unpaired) electrons. The SMILES string of the molecule is Cc1ccccc1NC(=O)COC(=O)[C@H](C)N1C(=O)[C@@H]2[C@H]3C[C@@H]([C@H](Br)[C@H]3Br)[C@@H]2C1=O. The fourth-order valence-electron chi connectivity index (χ4n) is 5.02. The number of hydrogen-bond donors (Lipinski definition) is 1. The van der Waals surface area contributed by atoms with Gasteiger partial charge in [0.2, 0.25) is 11.8 Å². The van der Waals surface area contributed by atoms with Crippen molar-refractivity contribution in [2.45, 2.75) is 36.0 Å². The smallest absolute Gasteiger partial charge is 0.329 e. The van der Waals surface area contributed by atoms with Gasteiger partial charge in [-0.05, 0) is 43.7 Å². The van der Waals surface area contributed by atoms with Crippen molar-refractivity contribution in [1.29, 1.82) is 0 Å². The van der Waals surface area contributed by atoms with Crippen LogP contribution in [0.25, 0.3) is 0 Å². The molecule has 0 unspecified atom stereocenters. The first kappa shape index (κ1) is 21.5. The van der Waals surface area contributed by atoms with Crippen molar-refractivity contribution in [3.63, 3.8) is 0 Å². The van der Waals surface area contributed by atoms with Crippen molar-refractivity contribution in [2.75, 3.05) is 11.9 Å². The van der Waals surface area contributed by atoms with Gasteiger partial charge in [0.25, 0.3) is 5.91 Å². The van der Waals surface area contributed by atoms with Crippen LogP contribution in [-0.4, -0.2) is 50.9 Å². The molecule has 1 aliphatic heterocycles. The number of nitrogens with zero attached hydrogens (tertiary/aromatic N) is 1. The summed E-state index contributed by atoms with van der Waals surface area (Å²) in [6.45, 7) is 2.84. The molecule has 1 aromatic rings. The molecule has 1 heterocycles. The second-order valence-electron chi connectivity index (χ2n) is 8.20. The number of anilines is 1. The number of nitrogens with one attached hydrogen (secondary N) is 1. The van der Waals surface area contributed by atoms with Crippen molar-refractivity contribution in [3.8, 4) is 0 Å². The predicted molar refractivity (Wildman–Crippen MR) is 116 cm³/mol. The highest BCUT2D eigenvalue weighted by Gasteiger charge is 2.67. The number of para-hydroxylation sites is 1. The normalized spacial score (nSPS) is 32.9. The van der Waals surface area contributed by atoms with E-state index in [1.54, 1.807) is 12.1 Å². The molecule has 2 saturated carbocycles. The lowest BCUT2D eigenvalue weighted by Gasteiger charge is -2.28. The number of hydrogen-bond acceptors (Lipinski definition) is 5. The first-order valence-corrected chi connectivity index (χ1v) is 11.7. The lowest BCUT2D eigenvalue weighted by molar-refractivity contribution is -0.159. The minimum absolute atomic E-state index is 0.0777. The molecule has 2 aliphatic carbocycles. The van der Waals surface area contributed by atoms with Gasteiger partial charge in [-0.15, -0.1) is 0 Å². The van der Waals surface area contributed by atoms with E-state index in [-0.39, 0.29) is 45.1 Å². The van der Waals surface area contributed by atoms with Gasteiger partial charge in [0.05, 0.1) is 11.8 Å². The summed E-state index contributed by atoms with van der Waals surface area (Å²) in [6.07, 6.45) is 0.824. The third-order valence-corrected chi connectivity index (χ3v) is 9.72. The quantitative estimate of drug-likeness (QED) is 0.351. The molecule has 2 bridgehead atoms. The molecule has 0 aromatic heterocycles. The van der Waals surface area contributed by atoms with Crippen molar-refractivity contribution in [2.24, 2.45) is 23.7 Å². The zero-order chi connectivity index (χ0) is 21.7. The summed E-state index contributed by atoms with van der Waals surface area (Å²) in [5, 5.41) is 2.68. The number of carbonyl (C=O) groups excluding carboxylic acids is 4. The number of halogens is 2. The number of likely N-dealkylation sites (tertiary alicyclic amines) is 1. The first-order chi connectivity index (χ1) is 14.2. The molecule has 1 aromatic carbocycles. The van der Waals surface area contributed by atoms with Crippen LogP contribution in [0.4, 0.5) is 5.69 Å². The molecule has 9 heteroatoms. The summed E-state index contributed by atoms with van der Waals surface area (Å²) in [4.78, 5) is 51.9. The highest BCUT2D eigenvalue weighted by molar-refractivity contribution is 9.12. The Kier molecular flexibility index (Phi) is 5.78. The second-order valence-corrected chi connectivity index (χ2v) is 10.3. The van der Waals surface area contributed by atoms with Gasteiger partial charge < -0.3 is 10.1 Å². The van der Waals surface area contributed by atoms with E-state index in [2.05, 4.69) is 37.2 Å². The van der Waals surface area contributed by atoms with Crippen LogP contribution >= 0.6 is 31.9 Å². The van der Waals surface area contributed by atoms with Crippen LogP contribution in [0.15, 0.2) is 24.3 Å². The van der Waals surface area contributed by atoms with Crippen LogP contribution in [0, 0.1) is 30.6 Å². The van der Waals surface area contributed by atoms with Gasteiger partial charge in [-0.3, -0.25) is 19.3 Å². The second kappa shape index (κ2) is 8.07. The third kappa shape index (κ3) is 3.39. The fourth-order valence-corrected chi connectivity index (χ4v) is 6.89. The summed E-state index contributed by atoms with van der Waals surface area (Å²) in [6, 6.07) is 6.19. The molecule has 7 nitrogen and oxygen atoms in total. The van der Waals surface area contributed by atoms with E-state index in [4.69, 9.17) is 4.74 Å². The van der Waals surface area contributed by atoms with Crippen LogP contribution in [-0.2, 0) is 23.9 Å². The van der Waals surface area contributed by atoms with E-state index in [0.29, 0.717) is 5.69 Å². The van der Waals surface area contributed by atoms with Crippen LogP contribution < -0.4 is 5.32 Å². The van der Waals surface area contributed by atoms with Crippen LogP contribution in [0.3, 0.4) is 0 Å². The average molecular weight is 542 g/mol. The van der Waals surface area contributed by atoms with Gasteiger partial charge in [0.1, 0.15) is 6.04 Å². The zero-order valence-corrected chi connectivity index (χ0v) is 19.7. The number of imide groups is 1. The fraction of sp³-hybridized carbons (Fsp3) is 0.524. The number of rotatable bonds is 5. The largest absolute Gasteiger partial charge is 0.454 e. The minimum atomic E-state index is -1.07. The zero-order valence-electron chi connectivity index (χ0n) is 16.5. The molecular formula is C21H22Br2N2O5. The van der Waals surface area contributed by atoms with Gasteiger partial charge >= 0.3 is 5.97 Å². The molecule has 1 saturated heterocycles. The molecular weight excluding hydrogens is 520 g/mol. The van der Waals surface area contributed by atoms with Gasteiger partial charge in [-0.25, -0.2) is 4.79 Å². The van der Waals surface area contributed by atoms with Crippen molar-refractivity contribution >= 4 is 61.2 Å². The Balaban J connectivity index is 1.38. The summed E-state index contributed by atoms with van der Waals surface area (Å²) in [5.41, 5.74) is 1.52. The van der Waals surface area contributed by atoms with E-state index < -0.39 is 24.5 Å². The van der Waals surface area contributed by atoms with Gasteiger partial charge in [0.15, 0.2) is 6.61 Å². The molecule has 4 rings (SSSR count). The number of benzene rings is 1. The molecule has 1 N–H and O–H groups in total. The van der Waals surface area contributed by atoms with E-state index in [1.807, 2.05) is 19.1 Å². The average Bonchev–Trinajstić information content (AvgIpc) is 3.32. The van der Waals surface area contributed by atoms with Gasteiger partial charge in [0, 0.05) is 15.3 Å². The molecule has 3 amide bonds. The lowest BCUT2D eigenvalue weighted by Crippen LogP contribution is -2.45. The van der Waals surface area contributed by atoms with Crippen molar-refractivity contribution in [1.82, 2.24) is 4.90 Å². The summed E-state index contributed by atoms with van der Waals surface area (Å²) in [7, 11) is 0. The van der Waals surface area contributed by atoms with Gasteiger partial charge in [-0.1, -0.05) is 50.1 Å².